The predicted molar refractivity (Wildman–Crippen MR) is 46.5 cm³/mol. The summed E-state index contributed by atoms with van der Waals surface area (Å²) >= 11 is 0. The van der Waals surface area contributed by atoms with Crippen LogP contribution in [0, 0.1) is 6.07 Å². The van der Waals surface area contributed by atoms with Crippen LogP contribution in [0.4, 0.5) is 0 Å². The van der Waals surface area contributed by atoms with Gasteiger partial charge < -0.3 is 9.05 Å². The van der Waals surface area contributed by atoms with Gasteiger partial charge in [0.15, 0.2) is 0 Å². The summed E-state index contributed by atoms with van der Waals surface area (Å²) in [6.07, 6.45) is 0. The van der Waals surface area contributed by atoms with Crippen molar-refractivity contribution in [2.45, 2.75) is 0 Å². The molecule has 65 valence electrons. The molecule has 0 heterocycles. The van der Waals surface area contributed by atoms with Crippen molar-refractivity contribution < 1.29 is 13.6 Å². The molecule has 0 aliphatic carbocycles. The predicted octanol–water partition coefficient (Wildman–Crippen LogP) is 1.60. The lowest BCUT2D eigenvalue weighted by atomic mass is 10.4. The van der Waals surface area contributed by atoms with Crippen LogP contribution in [0.3, 0.4) is 0 Å². The summed E-state index contributed by atoms with van der Waals surface area (Å²) in [4.78, 5) is 0. The van der Waals surface area contributed by atoms with Crippen molar-refractivity contribution >= 4 is 12.9 Å². The highest BCUT2D eigenvalue weighted by Gasteiger charge is 2.23. The minimum absolute atomic E-state index is 0.547. The molecule has 0 saturated heterocycles. The third-order valence-electron chi connectivity index (χ3n) is 1.50. The summed E-state index contributed by atoms with van der Waals surface area (Å²) in [7, 11) is -0.329. The highest BCUT2D eigenvalue weighted by molar-refractivity contribution is 7.62. The van der Waals surface area contributed by atoms with Crippen LogP contribution in [0.25, 0.3) is 0 Å². The van der Waals surface area contributed by atoms with Gasteiger partial charge in [-0.1, -0.05) is 12.1 Å². The first-order valence-electron chi connectivity index (χ1n) is 3.41. The molecule has 0 aliphatic rings. The fraction of sp³-hybridized carbons (Fsp3) is 0.250. The summed E-state index contributed by atoms with van der Waals surface area (Å²) in [5.41, 5.74) is 0. The minimum Gasteiger partial charge on any atom is -0.309 e. The Labute approximate surface area is 71.9 Å². The van der Waals surface area contributed by atoms with Crippen molar-refractivity contribution in [1.82, 2.24) is 0 Å². The van der Waals surface area contributed by atoms with Crippen molar-refractivity contribution in [3.05, 3.63) is 30.3 Å². The lowest BCUT2D eigenvalue weighted by molar-refractivity contribution is 0.287. The summed E-state index contributed by atoms with van der Waals surface area (Å²) in [5.74, 6) is 0. The van der Waals surface area contributed by atoms with E-state index in [2.05, 4.69) is 6.07 Å². The second-order valence-electron chi connectivity index (χ2n) is 2.12. The number of hydrogen-bond donors (Lipinski definition) is 0. The molecule has 0 N–H and O–H groups in total. The van der Waals surface area contributed by atoms with Crippen LogP contribution in [0.1, 0.15) is 0 Å². The van der Waals surface area contributed by atoms with Crippen LogP contribution in [0.5, 0.6) is 0 Å². The first-order valence-corrected chi connectivity index (χ1v) is 4.95. The van der Waals surface area contributed by atoms with Gasteiger partial charge in [0.25, 0.3) is 0 Å². The Balaban J connectivity index is 3.04. The van der Waals surface area contributed by atoms with Gasteiger partial charge in [-0.2, -0.15) is 0 Å². The summed E-state index contributed by atoms with van der Waals surface area (Å²) in [6.45, 7) is 0. The largest absolute Gasteiger partial charge is 0.360 e. The molecule has 3 nitrogen and oxygen atoms in total. The van der Waals surface area contributed by atoms with Crippen LogP contribution in [-0.4, -0.2) is 14.2 Å². The smallest absolute Gasteiger partial charge is 0.309 e. The molecule has 0 spiro atoms. The van der Waals surface area contributed by atoms with Gasteiger partial charge in [0.05, 0.1) is 5.30 Å². The van der Waals surface area contributed by atoms with Crippen LogP contribution in [-0.2, 0) is 13.6 Å². The Bertz CT molecular complexity index is 276. The van der Waals surface area contributed by atoms with Crippen molar-refractivity contribution in [3.8, 4) is 0 Å². The fourth-order valence-corrected chi connectivity index (χ4v) is 1.93. The summed E-state index contributed by atoms with van der Waals surface area (Å²) in [6, 6.07) is 9.48. The molecule has 1 aromatic carbocycles. The Kier molecular flexibility index (Phi) is 3.04. The van der Waals surface area contributed by atoms with E-state index in [9.17, 15) is 4.57 Å². The molecule has 1 radical (unpaired) electrons. The highest BCUT2D eigenvalue weighted by atomic mass is 31.2. The molecule has 0 aliphatic heterocycles. The molecule has 1 aromatic rings. The summed E-state index contributed by atoms with van der Waals surface area (Å²) < 4.78 is 21.3. The first kappa shape index (κ1) is 9.46. The average molecular weight is 185 g/mol. The second-order valence-corrected chi connectivity index (χ2v) is 4.36. The van der Waals surface area contributed by atoms with E-state index >= 15 is 0 Å². The van der Waals surface area contributed by atoms with Gasteiger partial charge in [0, 0.05) is 14.2 Å². The van der Waals surface area contributed by atoms with Crippen molar-refractivity contribution in [1.29, 1.82) is 0 Å². The molecule has 0 bridgehead atoms. The van der Waals surface area contributed by atoms with E-state index in [0.717, 1.165) is 0 Å². The normalized spacial score (nSPS) is 11.5. The van der Waals surface area contributed by atoms with Gasteiger partial charge in [-0.15, -0.1) is 0 Å². The van der Waals surface area contributed by atoms with E-state index in [1.54, 1.807) is 24.3 Å². The van der Waals surface area contributed by atoms with Crippen molar-refractivity contribution in [2.24, 2.45) is 0 Å². The second kappa shape index (κ2) is 3.85. The zero-order chi connectivity index (χ0) is 9.03. The van der Waals surface area contributed by atoms with Crippen LogP contribution in [0.2, 0.25) is 0 Å². The Morgan fingerprint density at radius 1 is 1.25 bits per heavy atom. The molecule has 0 amide bonds. The lowest BCUT2D eigenvalue weighted by Gasteiger charge is -2.12. The molecule has 0 fully saturated rings. The average Bonchev–Trinajstić information content (AvgIpc) is 2.18. The Morgan fingerprint density at radius 2 is 1.75 bits per heavy atom. The maximum Gasteiger partial charge on any atom is 0.360 e. The van der Waals surface area contributed by atoms with E-state index in [1.165, 1.54) is 14.2 Å². The highest BCUT2D eigenvalue weighted by Crippen LogP contribution is 2.44. The van der Waals surface area contributed by atoms with E-state index in [-0.39, 0.29) is 0 Å². The van der Waals surface area contributed by atoms with E-state index in [0.29, 0.717) is 5.30 Å². The van der Waals surface area contributed by atoms with E-state index < -0.39 is 7.60 Å². The third kappa shape index (κ3) is 1.75. The van der Waals surface area contributed by atoms with E-state index in [4.69, 9.17) is 9.05 Å². The number of hydrogen-bond acceptors (Lipinski definition) is 3. The Hall–Kier alpha value is -0.630. The molecule has 0 saturated carbocycles. The van der Waals surface area contributed by atoms with Gasteiger partial charge in [-0.3, -0.25) is 4.57 Å². The van der Waals surface area contributed by atoms with Gasteiger partial charge >= 0.3 is 7.60 Å². The molecule has 0 unspecified atom stereocenters. The van der Waals surface area contributed by atoms with E-state index in [1.807, 2.05) is 0 Å². The lowest BCUT2D eigenvalue weighted by Crippen LogP contribution is -2.06. The van der Waals surface area contributed by atoms with Crippen molar-refractivity contribution in [2.75, 3.05) is 14.2 Å². The molecule has 0 atom stereocenters. The Morgan fingerprint density at radius 3 is 2.17 bits per heavy atom. The van der Waals surface area contributed by atoms with Crippen molar-refractivity contribution in [3.63, 3.8) is 0 Å². The number of rotatable bonds is 3. The van der Waals surface area contributed by atoms with Gasteiger partial charge in [0.1, 0.15) is 0 Å². The van der Waals surface area contributed by atoms with Crippen LogP contribution < -0.4 is 5.30 Å². The van der Waals surface area contributed by atoms with Crippen LogP contribution in [0.15, 0.2) is 24.3 Å². The summed E-state index contributed by atoms with van der Waals surface area (Å²) in [5, 5.41) is 0.547. The molecule has 1 rings (SSSR count). The SMILES string of the molecule is COP(=O)(OC)c1cc[c]cc1. The molecular formula is C8H10O3P. The molecule has 0 aromatic heterocycles. The molecular weight excluding hydrogens is 175 g/mol. The van der Waals surface area contributed by atoms with Gasteiger partial charge in [0.2, 0.25) is 0 Å². The van der Waals surface area contributed by atoms with Crippen LogP contribution >= 0.6 is 7.60 Å². The molecule has 4 heteroatoms. The quantitative estimate of drug-likeness (QED) is 0.671. The number of benzene rings is 1. The van der Waals surface area contributed by atoms with Gasteiger partial charge in [-0.05, 0) is 18.2 Å². The topological polar surface area (TPSA) is 35.5 Å². The zero-order valence-corrected chi connectivity index (χ0v) is 7.88. The maximum absolute atomic E-state index is 11.7. The standard InChI is InChI=1S/C8H10O3P/c1-10-12(9,11-2)8-6-4-3-5-7-8/h4-7H,1-2H3. The first-order chi connectivity index (χ1) is 5.73. The zero-order valence-electron chi connectivity index (χ0n) is 6.98. The molecule has 12 heavy (non-hydrogen) atoms. The maximum atomic E-state index is 11.7. The monoisotopic (exact) mass is 185 g/mol. The van der Waals surface area contributed by atoms with Gasteiger partial charge in [-0.25, -0.2) is 0 Å². The fourth-order valence-electron chi connectivity index (χ4n) is 0.846. The third-order valence-corrected chi connectivity index (χ3v) is 3.39. The minimum atomic E-state index is -3.05.